The molecule has 4 aromatic rings. The molecule has 0 aliphatic rings. The molecule has 0 spiro atoms. The minimum absolute atomic E-state index is 0.0424. The highest BCUT2D eigenvalue weighted by Crippen LogP contribution is 2.19. The van der Waals surface area contributed by atoms with Crippen LogP contribution < -0.4 is 16.3 Å². The molecular weight excluding hydrogens is 344 g/mol. The molecule has 2 heterocycles. The maximum absolute atomic E-state index is 12.9. The summed E-state index contributed by atoms with van der Waals surface area (Å²) in [7, 11) is 0. The number of hydrogen-bond donors (Lipinski definition) is 1. The molecule has 134 valence electrons. The van der Waals surface area contributed by atoms with Crippen molar-refractivity contribution in [1.82, 2.24) is 4.57 Å². The standard InChI is InChI=1S/C21H16N2O4/c1-2-23-20(26)16(22-19(25)13-8-4-3-5-9-13)12-15-18(24)14-10-6-7-11-17(14)27-21(15)23/h3-12H,2H2,1H3,(H,22,25). The van der Waals surface area contributed by atoms with E-state index in [2.05, 4.69) is 5.32 Å². The number of nitrogens with one attached hydrogen (secondary N) is 1. The van der Waals surface area contributed by atoms with Gasteiger partial charge in [0.1, 0.15) is 11.3 Å². The van der Waals surface area contributed by atoms with Gasteiger partial charge in [-0.05, 0) is 37.3 Å². The molecule has 0 saturated heterocycles. The van der Waals surface area contributed by atoms with Gasteiger partial charge in [0.15, 0.2) is 0 Å². The molecule has 1 amide bonds. The van der Waals surface area contributed by atoms with Crippen molar-refractivity contribution < 1.29 is 9.21 Å². The number of aryl methyl sites for hydroxylation is 1. The number of fused-ring (bicyclic) bond motifs is 2. The molecule has 0 aliphatic heterocycles. The summed E-state index contributed by atoms with van der Waals surface area (Å²) in [6.45, 7) is 2.07. The molecule has 6 nitrogen and oxygen atoms in total. The van der Waals surface area contributed by atoms with Crippen LogP contribution in [0.2, 0.25) is 0 Å². The van der Waals surface area contributed by atoms with E-state index >= 15 is 0 Å². The van der Waals surface area contributed by atoms with Gasteiger partial charge in [-0.2, -0.15) is 0 Å². The topological polar surface area (TPSA) is 81.3 Å². The monoisotopic (exact) mass is 360 g/mol. The van der Waals surface area contributed by atoms with Crippen LogP contribution in [-0.2, 0) is 6.54 Å². The van der Waals surface area contributed by atoms with E-state index in [9.17, 15) is 14.4 Å². The molecule has 27 heavy (non-hydrogen) atoms. The third-order valence-electron chi connectivity index (χ3n) is 4.42. The Hall–Kier alpha value is -3.67. The average molecular weight is 360 g/mol. The summed E-state index contributed by atoms with van der Waals surface area (Å²) in [5.74, 6) is -0.417. The summed E-state index contributed by atoms with van der Waals surface area (Å²) in [6, 6.07) is 16.8. The summed E-state index contributed by atoms with van der Waals surface area (Å²) in [5.41, 5.74) is 0.407. The maximum Gasteiger partial charge on any atom is 0.277 e. The van der Waals surface area contributed by atoms with Gasteiger partial charge in [0, 0.05) is 12.1 Å². The molecule has 0 radical (unpaired) electrons. The smallest absolute Gasteiger partial charge is 0.277 e. The number of pyridine rings is 1. The lowest BCUT2D eigenvalue weighted by atomic mass is 10.1. The van der Waals surface area contributed by atoms with Gasteiger partial charge in [-0.1, -0.05) is 30.3 Å². The molecule has 2 aromatic heterocycles. The molecule has 0 unspecified atom stereocenters. The van der Waals surface area contributed by atoms with Crippen molar-refractivity contribution in [3.63, 3.8) is 0 Å². The van der Waals surface area contributed by atoms with Gasteiger partial charge < -0.3 is 9.73 Å². The van der Waals surface area contributed by atoms with E-state index in [0.717, 1.165) is 0 Å². The zero-order chi connectivity index (χ0) is 19.0. The summed E-state index contributed by atoms with van der Waals surface area (Å²) >= 11 is 0. The van der Waals surface area contributed by atoms with E-state index in [4.69, 9.17) is 4.42 Å². The van der Waals surface area contributed by atoms with Crippen LogP contribution in [0.15, 0.2) is 74.7 Å². The first kappa shape index (κ1) is 16.8. The van der Waals surface area contributed by atoms with Crippen molar-refractivity contribution in [1.29, 1.82) is 0 Å². The number of benzene rings is 2. The zero-order valence-corrected chi connectivity index (χ0v) is 14.6. The normalized spacial score (nSPS) is 11.0. The largest absolute Gasteiger partial charge is 0.439 e. The number of nitrogens with zero attached hydrogens (tertiary/aromatic N) is 1. The van der Waals surface area contributed by atoms with Gasteiger partial charge in [-0.25, -0.2) is 0 Å². The summed E-state index contributed by atoms with van der Waals surface area (Å²) in [6.07, 6.45) is 0. The van der Waals surface area contributed by atoms with E-state index in [1.54, 1.807) is 61.5 Å². The fourth-order valence-corrected chi connectivity index (χ4v) is 3.08. The Kier molecular flexibility index (Phi) is 4.08. The highest BCUT2D eigenvalue weighted by atomic mass is 16.3. The minimum atomic E-state index is -0.423. The van der Waals surface area contributed by atoms with Crippen LogP contribution in [0.3, 0.4) is 0 Å². The third kappa shape index (κ3) is 2.81. The number of carbonyl (C=O) groups excluding carboxylic acids is 1. The zero-order valence-electron chi connectivity index (χ0n) is 14.6. The predicted molar refractivity (Wildman–Crippen MR) is 104 cm³/mol. The van der Waals surface area contributed by atoms with Crippen molar-refractivity contribution in [3.8, 4) is 0 Å². The Labute approximate surface area is 153 Å². The number of rotatable bonds is 3. The van der Waals surface area contributed by atoms with E-state index in [1.807, 2.05) is 0 Å². The van der Waals surface area contributed by atoms with Crippen LogP contribution in [0, 0.1) is 0 Å². The van der Waals surface area contributed by atoms with Crippen LogP contribution in [0.25, 0.3) is 22.1 Å². The first-order valence-corrected chi connectivity index (χ1v) is 8.56. The number of para-hydroxylation sites is 1. The van der Waals surface area contributed by atoms with E-state index in [-0.39, 0.29) is 22.2 Å². The van der Waals surface area contributed by atoms with Crippen LogP contribution in [0.5, 0.6) is 0 Å². The second-order valence-corrected chi connectivity index (χ2v) is 6.07. The quantitative estimate of drug-likeness (QED) is 0.568. The van der Waals surface area contributed by atoms with E-state index in [1.165, 1.54) is 10.6 Å². The van der Waals surface area contributed by atoms with Gasteiger partial charge in [0.2, 0.25) is 11.1 Å². The lowest BCUT2D eigenvalue weighted by Crippen LogP contribution is -2.27. The lowest BCUT2D eigenvalue weighted by molar-refractivity contribution is 0.102. The van der Waals surface area contributed by atoms with Gasteiger partial charge in [-0.15, -0.1) is 0 Å². The molecule has 0 aliphatic carbocycles. The molecule has 2 aromatic carbocycles. The van der Waals surface area contributed by atoms with Gasteiger partial charge in [0.25, 0.3) is 11.5 Å². The van der Waals surface area contributed by atoms with Gasteiger partial charge in [0.05, 0.1) is 10.8 Å². The van der Waals surface area contributed by atoms with Crippen molar-refractivity contribution in [2.24, 2.45) is 0 Å². The Morgan fingerprint density at radius 2 is 1.70 bits per heavy atom. The number of anilines is 1. The van der Waals surface area contributed by atoms with Crippen LogP contribution in [-0.4, -0.2) is 10.5 Å². The van der Waals surface area contributed by atoms with Gasteiger partial charge in [-0.3, -0.25) is 19.0 Å². The highest BCUT2D eigenvalue weighted by molar-refractivity contribution is 6.05. The summed E-state index contributed by atoms with van der Waals surface area (Å²) < 4.78 is 7.18. The van der Waals surface area contributed by atoms with Crippen molar-refractivity contribution in [2.45, 2.75) is 13.5 Å². The Bertz CT molecular complexity index is 1290. The molecule has 4 rings (SSSR count). The lowest BCUT2D eigenvalue weighted by Gasteiger charge is -2.11. The molecule has 0 saturated carbocycles. The number of hydrogen-bond acceptors (Lipinski definition) is 4. The summed E-state index contributed by atoms with van der Waals surface area (Å²) in [5, 5.41) is 3.29. The molecule has 0 bridgehead atoms. The van der Waals surface area contributed by atoms with Gasteiger partial charge >= 0.3 is 0 Å². The fraction of sp³-hybridized carbons (Fsp3) is 0.0952. The third-order valence-corrected chi connectivity index (χ3v) is 4.42. The number of carbonyl (C=O) groups is 1. The second kappa shape index (κ2) is 6.57. The predicted octanol–water partition coefficient (Wildman–Crippen LogP) is 3.38. The second-order valence-electron chi connectivity index (χ2n) is 6.07. The SMILES string of the molecule is CCn1c(=O)c(NC(=O)c2ccccc2)cc2c(=O)c3ccccc3oc21. The van der Waals surface area contributed by atoms with Crippen LogP contribution in [0.4, 0.5) is 5.69 Å². The van der Waals surface area contributed by atoms with Crippen LogP contribution >= 0.6 is 0 Å². The first-order valence-electron chi connectivity index (χ1n) is 8.56. The Morgan fingerprint density at radius 1 is 1.00 bits per heavy atom. The molecule has 0 fully saturated rings. The van der Waals surface area contributed by atoms with E-state index in [0.29, 0.717) is 23.1 Å². The van der Waals surface area contributed by atoms with Crippen molar-refractivity contribution in [3.05, 3.63) is 86.8 Å². The Balaban J connectivity index is 1.94. The number of amides is 1. The minimum Gasteiger partial charge on any atom is -0.439 e. The van der Waals surface area contributed by atoms with Crippen molar-refractivity contribution >= 4 is 33.7 Å². The Morgan fingerprint density at radius 3 is 2.44 bits per heavy atom. The fourth-order valence-electron chi connectivity index (χ4n) is 3.08. The summed E-state index contributed by atoms with van der Waals surface area (Å²) in [4.78, 5) is 38.1. The molecule has 6 heteroatoms. The maximum atomic E-state index is 12.9. The first-order chi connectivity index (χ1) is 13.1. The van der Waals surface area contributed by atoms with Crippen molar-refractivity contribution in [2.75, 3.05) is 5.32 Å². The molecule has 0 atom stereocenters. The number of aromatic nitrogens is 1. The highest BCUT2D eigenvalue weighted by Gasteiger charge is 2.17. The van der Waals surface area contributed by atoms with Crippen LogP contribution in [0.1, 0.15) is 17.3 Å². The van der Waals surface area contributed by atoms with E-state index < -0.39 is 11.5 Å². The molecule has 1 N–H and O–H groups in total. The molecular formula is C21H16N2O4. The average Bonchev–Trinajstić information content (AvgIpc) is 2.70.